The van der Waals surface area contributed by atoms with Crippen LogP contribution in [0.3, 0.4) is 0 Å². The quantitative estimate of drug-likeness (QED) is 0.783. The lowest BCUT2D eigenvalue weighted by atomic mass is 9.89. The van der Waals surface area contributed by atoms with Gasteiger partial charge in [-0.2, -0.15) is 0 Å². The van der Waals surface area contributed by atoms with Crippen molar-refractivity contribution in [2.45, 2.75) is 26.7 Å². The first-order valence-electron chi connectivity index (χ1n) is 7.68. The van der Waals surface area contributed by atoms with Crippen molar-refractivity contribution in [3.8, 4) is 0 Å². The van der Waals surface area contributed by atoms with Gasteiger partial charge in [0.15, 0.2) is 0 Å². The Bertz CT molecular complexity index is 544. The minimum absolute atomic E-state index is 0.682. The average molecular weight is 283 g/mol. The normalized spacial score (nSPS) is 25.9. The minimum atomic E-state index is 0.682. The standard InChI is InChI=1S/C19H25NO/c1-4-7-8-15(5-2)18-13-21-14-19(18)17-10-12-20-11-9-16(17)6-3/h4-8,13,20H,1,9-12,14H2,2-3H3/b8-7-,15-5+,16-6-,19-17+. The highest BCUT2D eigenvalue weighted by atomic mass is 16.5. The fourth-order valence-corrected chi connectivity index (χ4v) is 2.90. The van der Waals surface area contributed by atoms with E-state index >= 15 is 0 Å². The first-order valence-corrected chi connectivity index (χ1v) is 7.68. The maximum Gasteiger partial charge on any atom is 0.113 e. The topological polar surface area (TPSA) is 21.3 Å². The molecule has 2 heteroatoms. The zero-order chi connectivity index (χ0) is 15.1. The van der Waals surface area contributed by atoms with E-state index in [1.54, 1.807) is 6.08 Å². The summed E-state index contributed by atoms with van der Waals surface area (Å²) in [6.07, 6.45) is 14.3. The molecule has 2 aliphatic heterocycles. The maximum absolute atomic E-state index is 5.65. The van der Waals surface area contributed by atoms with E-state index in [1.807, 2.05) is 12.3 Å². The van der Waals surface area contributed by atoms with Crippen LogP contribution in [-0.2, 0) is 4.74 Å². The van der Waals surface area contributed by atoms with E-state index in [4.69, 9.17) is 4.74 Å². The lowest BCUT2D eigenvalue weighted by molar-refractivity contribution is 0.300. The second-order valence-corrected chi connectivity index (χ2v) is 5.20. The third-order valence-electron chi connectivity index (χ3n) is 4.01. The summed E-state index contributed by atoms with van der Waals surface area (Å²) in [5, 5.41) is 3.48. The van der Waals surface area contributed by atoms with Crippen LogP contribution in [0.25, 0.3) is 0 Å². The summed E-state index contributed by atoms with van der Waals surface area (Å²) in [6.45, 7) is 10.7. The molecule has 0 amide bonds. The molecule has 1 N–H and O–H groups in total. The van der Waals surface area contributed by atoms with E-state index in [0.717, 1.165) is 25.9 Å². The lowest BCUT2D eigenvalue weighted by Gasteiger charge is -2.14. The van der Waals surface area contributed by atoms with Crippen molar-refractivity contribution >= 4 is 0 Å². The molecule has 2 heterocycles. The van der Waals surface area contributed by atoms with Crippen LogP contribution in [0.5, 0.6) is 0 Å². The fourth-order valence-electron chi connectivity index (χ4n) is 2.90. The summed E-state index contributed by atoms with van der Waals surface area (Å²) in [7, 11) is 0. The predicted molar refractivity (Wildman–Crippen MR) is 90.0 cm³/mol. The van der Waals surface area contributed by atoms with Crippen LogP contribution in [0, 0.1) is 0 Å². The van der Waals surface area contributed by atoms with Gasteiger partial charge >= 0.3 is 0 Å². The van der Waals surface area contributed by atoms with Gasteiger partial charge in [-0.15, -0.1) is 0 Å². The molecule has 0 bridgehead atoms. The van der Waals surface area contributed by atoms with Gasteiger partial charge < -0.3 is 10.1 Å². The summed E-state index contributed by atoms with van der Waals surface area (Å²) in [5.41, 5.74) is 6.66. The number of allylic oxidation sites excluding steroid dienone is 6. The van der Waals surface area contributed by atoms with E-state index in [9.17, 15) is 0 Å². The van der Waals surface area contributed by atoms with E-state index in [-0.39, 0.29) is 0 Å². The Kier molecular flexibility index (Phi) is 5.82. The van der Waals surface area contributed by atoms with Crippen molar-refractivity contribution in [3.63, 3.8) is 0 Å². The molecule has 112 valence electrons. The second-order valence-electron chi connectivity index (χ2n) is 5.20. The molecule has 1 saturated heterocycles. The van der Waals surface area contributed by atoms with E-state index in [0.29, 0.717) is 6.61 Å². The highest BCUT2D eigenvalue weighted by molar-refractivity contribution is 5.58. The Balaban J connectivity index is 2.41. The van der Waals surface area contributed by atoms with Crippen LogP contribution in [0.2, 0.25) is 0 Å². The summed E-state index contributed by atoms with van der Waals surface area (Å²) < 4.78 is 5.65. The van der Waals surface area contributed by atoms with Crippen molar-refractivity contribution < 1.29 is 4.74 Å². The van der Waals surface area contributed by atoms with Gasteiger partial charge in [0.25, 0.3) is 0 Å². The molecule has 2 aliphatic rings. The van der Waals surface area contributed by atoms with Crippen LogP contribution in [0.1, 0.15) is 26.7 Å². The molecular formula is C19H25NO. The summed E-state index contributed by atoms with van der Waals surface area (Å²) in [4.78, 5) is 0. The number of rotatable bonds is 3. The van der Waals surface area contributed by atoms with E-state index < -0.39 is 0 Å². The summed E-state index contributed by atoms with van der Waals surface area (Å²) in [5.74, 6) is 0. The maximum atomic E-state index is 5.65. The highest BCUT2D eigenvalue weighted by Gasteiger charge is 2.22. The monoisotopic (exact) mass is 283 g/mol. The molecule has 0 aromatic heterocycles. The Morgan fingerprint density at radius 1 is 1.24 bits per heavy atom. The second kappa shape index (κ2) is 7.84. The first-order chi connectivity index (χ1) is 10.3. The Morgan fingerprint density at radius 2 is 2.05 bits per heavy atom. The van der Waals surface area contributed by atoms with Crippen molar-refractivity contribution in [2.24, 2.45) is 0 Å². The lowest BCUT2D eigenvalue weighted by Crippen LogP contribution is -2.13. The zero-order valence-electron chi connectivity index (χ0n) is 13.1. The molecule has 2 rings (SSSR count). The van der Waals surface area contributed by atoms with Gasteiger partial charge in [0.1, 0.15) is 6.61 Å². The van der Waals surface area contributed by atoms with Crippen molar-refractivity contribution in [1.29, 1.82) is 0 Å². The molecular weight excluding hydrogens is 258 g/mol. The molecule has 0 aromatic rings. The Morgan fingerprint density at radius 3 is 2.76 bits per heavy atom. The SMILES string of the molecule is C=C/C=C\C(=C/C)C1=COC/C1=C1/CCNCC/C1=C/C. The van der Waals surface area contributed by atoms with Crippen LogP contribution in [-0.4, -0.2) is 19.7 Å². The molecule has 0 atom stereocenters. The minimum Gasteiger partial charge on any atom is -0.496 e. The predicted octanol–water partition coefficient (Wildman–Crippen LogP) is 4.22. The third kappa shape index (κ3) is 3.64. The summed E-state index contributed by atoms with van der Waals surface area (Å²) in [6, 6.07) is 0. The van der Waals surface area contributed by atoms with Crippen molar-refractivity contribution in [3.05, 3.63) is 71.1 Å². The molecule has 2 nitrogen and oxygen atoms in total. The van der Waals surface area contributed by atoms with Gasteiger partial charge in [-0.3, -0.25) is 0 Å². The number of hydrogen-bond acceptors (Lipinski definition) is 2. The first kappa shape index (κ1) is 15.6. The van der Waals surface area contributed by atoms with Crippen molar-refractivity contribution in [2.75, 3.05) is 19.7 Å². The van der Waals surface area contributed by atoms with E-state index in [1.165, 1.54) is 27.9 Å². The van der Waals surface area contributed by atoms with Gasteiger partial charge in [-0.1, -0.05) is 37.0 Å². The molecule has 0 unspecified atom stereocenters. The van der Waals surface area contributed by atoms with Crippen LogP contribution >= 0.6 is 0 Å². The smallest absolute Gasteiger partial charge is 0.113 e. The van der Waals surface area contributed by atoms with Crippen molar-refractivity contribution in [1.82, 2.24) is 5.32 Å². The molecule has 0 radical (unpaired) electrons. The number of nitrogens with one attached hydrogen (secondary N) is 1. The number of ether oxygens (including phenoxy) is 1. The molecule has 21 heavy (non-hydrogen) atoms. The molecule has 0 saturated carbocycles. The molecule has 0 aromatic carbocycles. The Hall–Kier alpha value is -1.80. The zero-order valence-corrected chi connectivity index (χ0v) is 13.1. The number of hydrogen-bond donors (Lipinski definition) is 1. The molecule has 0 aliphatic carbocycles. The Labute approximate surface area is 128 Å². The molecule has 0 spiro atoms. The van der Waals surface area contributed by atoms with Crippen LogP contribution in [0.15, 0.2) is 71.1 Å². The van der Waals surface area contributed by atoms with Gasteiger partial charge in [0.05, 0.1) is 6.26 Å². The van der Waals surface area contributed by atoms with Gasteiger partial charge in [0, 0.05) is 11.1 Å². The highest BCUT2D eigenvalue weighted by Crippen LogP contribution is 2.34. The van der Waals surface area contributed by atoms with Crippen LogP contribution in [0.4, 0.5) is 0 Å². The van der Waals surface area contributed by atoms with E-state index in [2.05, 4.69) is 44.0 Å². The summed E-state index contributed by atoms with van der Waals surface area (Å²) >= 11 is 0. The fraction of sp³-hybridized carbons (Fsp3) is 0.368. The third-order valence-corrected chi connectivity index (χ3v) is 4.01. The van der Waals surface area contributed by atoms with Gasteiger partial charge in [0.2, 0.25) is 0 Å². The largest absolute Gasteiger partial charge is 0.496 e. The van der Waals surface area contributed by atoms with Crippen LogP contribution < -0.4 is 5.32 Å². The van der Waals surface area contributed by atoms with Gasteiger partial charge in [-0.05, 0) is 56.5 Å². The van der Waals surface area contributed by atoms with Gasteiger partial charge in [-0.25, -0.2) is 0 Å². The average Bonchev–Trinajstić information content (AvgIpc) is 2.86. The molecule has 1 fully saturated rings.